The molecule has 0 N–H and O–H groups in total. The predicted molar refractivity (Wildman–Crippen MR) is 144 cm³/mol. The van der Waals surface area contributed by atoms with Gasteiger partial charge in [0, 0.05) is 0 Å². The molecular formula is C32H28Si. The number of rotatable bonds is 4. The van der Waals surface area contributed by atoms with Gasteiger partial charge in [-0.25, -0.2) is 0 Å². The summed E-state index contributed by atoms with van der Waals surface area (Å²) in [6.07, 6.45) is 2.67. The first-order valence-electron chi connectivity index (χ1n) is 12.1. The maximum Gasteiger partial charge on any atom is 0.121 e. The van der Waals surface area contributed by atoms with Gasteiger partial charge in [0.15, 0.2) is 0 Å². The molecule has 4 aromatic carbocycles. The SMILES string of the molecule is c1ccc(C2=C(c3ccccc3)[Si]3(CCCC3)C(c3ccccc3)=C2c2ccccc2)cc1. The maximum atomic E-state index is 2.35. The fourth-order valence-corrected chi connectivity index (χ4v) is 12.3. The molecule has 1 spiro atoms. The molecule has 0 bridgehead atoms. The van der Waals surface area contributed by atoms with E-state index in [2.05, 4.69) is 121 Å². The molecule has 160 valence electrons. The van der Waals surface area contributed by atoms with E-state index >= 15 is 0 Å². The van der Waals surface area contributed by atoms with Gasteiger partial charge in [0.25, 0.3) is 0 Å². The van der Waals surface area contributed by atoms with Crippen molar-refractivity contribution in [1.82, 2.24) is 0 Å². The van der Waals surface area contributed by atoms with Crippen molar-refractivity contribution in [3.63, 3.8) is 0 Å². The van der Waals surface area contributed by atoms with E-state index in [4.69, 9.17) is 0 Å². The lowest BCUT2D eigenvalue weighted by molar-refractivity contribution is 0.935. The lowest BCUT2D eigenvalue weighted by atomic mass is 9.89. The van der Waals surface area contributed by atoms with Crippen LogP contribution < -0.4 is 0 Å². The van der Waals surface area contributed by atoms with E-state index in [0.29, 0.717) is 0 Å². The van der Waals surface area contributed by atoms with Crippen LogP contribution in [0.1, 0.15) is 35.1 Å². The zero-order valence-corrected chi connectivity index (χ0v) is 19.9. The van der Waals surface area contributed by atoms with Crippen molar-refractivity contribution in [1.29, 1.82) is 0 Å². The van der Waals surface area contributed by atoms with E-state index < -0.39 is 8.07 Å². The standard InChI is InChI=1S/C32H28Si/c1-5-15-25(16-6-1)29-30(26-17-7-2-8-18-26)32(28-21-11-4-12-22-28)33(23-13-14-24-33)31(29)27-19-9-3-10-20-27/h1-12,15-22H,13-14,23-24H2. The fourth-order valence-electron chi connectivity index (χ4n) is 6.17. The summed E-state index contributed by atoms with van der Waals surface area (Å²) in [4.78, 5) is 0. The van der Waals surface area contributed by atoms with Crippen LogP contribution in [0.2, 0.25) is 12.1 Å². The van der Waals surface area contributed by atoms with E-state index in [-0.39, 0.29) is 0 Å². The van der Waals surface area contributed by atoms with Crippen LogP contribution >= 0.6 is 0 Å². The highest BCUT2D eigenvalue weighted by Crippen LogP contribution is 2.60. The molecule has 1 heteroatoms. The minimum Gasteiger partial charge on any atom is -0.0622 e. The van der Waals surface area contributed by atoms with Gasteiger partial charge in [0.1, 0.15) is 8.07 Å². The van der Waals surface area contributed by atoms with E-state index in [1.807, 2.05) is 0 Å². The number of allylic oxidation sites excluding steroid dienone is 2. The molecule has 0 unspecified atom stereocenters. The van der Waals surface area contributed by atoms with Gasteiger partial charge in [-0.1, -0.05) is 134 Å². The minimum absolute atomic E-state index is 1.34. The lowest BCUT2D eigenvalue weighted by Crippen LogP contribution is -2.33. The Bertz CT molecular complexity index is 1210. The topological polar surface area (TPSA) is 0 Å². The number of benzene rings is 4. The maximum absolute atomic E-state index is 2.35. The Kier molecular flexibility index (Phi) is 5.20. The Morgan fingerprint density at radius 3 is 1.00 bits per heavy atom. The summed E-state index contributed by atoms with van der Waals surface area (Å²) >= 11 is 0. The molecule has 0 atom stereocenters. The molecule has 2 aliphatic rings. The van der Waals surface area contributed by atoms with E-state index in [1.165, 1.54) is 58.3 Å². The van der Waals surface area contributed by atoms with E-state index in [1.54, 1.807) is 10.4 Å². The van der Waals surface area contributed by atoms with Crippen molar-refractivity contribution < 1.29 is 0 Å². The van der Waals surface area contributed by atoms with Crippen LogP contribution in [0.3, 0.4) is 0 Å². The van der Waals surface area contributed by atoms with Crippen LogP contribution in [0.15, 0.2) is 121 Å². The summed E-state index contributed by atoms with van der Waals surface area (Å²) in [5, 5.41) is 3.31. The molecule has 4 aromatic rings. The third kappa shape index (κ3) is 3.35. The molecule has 2 heterocycles. The Labute approximate surface area is 198 Å². The quantitative estimate of drug-likeness (QED) is 0.279. The fraction of sp³-hybridized carbons (Fsp3) is 0.125. The van der Waals surface area contributed by atoms with E-state index in [9.17, 15) is 0 Å². The third-order valence-electron chi connectivity index (χ3n) is 7.41. The zero-order valence-electron chi connectivity index (χ0n) is 18.9. The van der Waals surface area contributed by atoms with Crippen molar-refractivity contribution in [2.24, 2.45) is 0 Å². The van der Waals surface area contributed by atoms with Crippen LogP contribution in [-0.2, 0) is 0 Å². The molecule has 0 radical (unpaired) electrons. The number of hydrogen-bond donors (Lipinski definition) is 0. The molecule has 1 fully saturated rings. The molecule has 2 aliphatic heterocycles. The van der Waals surface area contributed by atoms with Gasteiger partial charge in [-0.15, -0.1) is 0 Å². The van der Waals surface area contributed by atoms with Crippen molar-refractivity contribution in [2.45, 2.75) is 24.9 Å². The van der Waals surface area contributed by atoms with Gasteiger partial charge in [-0.3, -0.25) is 0 Å². The van der Waals surface area contributed by atoms with Crippen LogP contribution in [-0.4, -0.2) is 8.07 Å². The highest BCUT2D eigenvalue weighted by Gasteiger charge is 2.51. The Hall–Kier alpha value is -3.42. The summed E-state index contributed by atoms with van der Waals surface area (Å²) in [5.41, 5.74) is 8.48. The summed E-state index contributed by atoms with van der Waals surface area (Å²) in [6.45, 7) is 0. The molecule has 1 saturated heterocycles. The predicted octanol–water partition coefficient (Wildman–Crippen LogP) is 8.54. The molecule has 0 saturated carbocycles. The van der Waals surface area contributed by atoms with Gasteiger partial charge in [-0.2, -0.15) is 0 Å². The first-order chi connectivity index (χ1) is 16.4. The van der Waals surface area contributed by atoms with E-state index in [0.717, 1.165) is 0 Å². The second kappa shape index (κ2) is 8.50. The van der Waals surface area contributed by atoms with Crippen LogP contribution in [0.4, 0.5) is 0 Å². The minimum atomic E-state index is -1.94. The highest BCUT2D eigenvalue weighted by molar-refractivity contribution is 7.15. The summed E-state index contributed by atoms with van der Waals surface area (Å²) in [7, 11) is -1.94. The highest BCUT2D eigenvalue weighted by atomic mass is 28.3. The Morgan fingerprint density at radius 2 is 0.667 bits per heavy atom. The van der Waals surface area contributed by atoms with Crippen LogP contribution in [0.25, 0.3) is 21.5 Å². The van der Waals surface area contributed by atoms with Crippen LogP contribution in [0.5, 0.6) is 0 Å². The van der Waals surface area contributed by atoms with Gasteiger partial charge in [0.2, 0.25) is 0 Å². The first-order valence-corrected chi connectivity index (χ1v) is 14.5. The third-order valence-corrected chi connectivity index (χ3v) is 12.8. The summed E-state index contributed by atoms with van der Waals surface area (Å²) in [5.74, 6) is 0. The van der Waals surface area contributed by atoms with Crippen molar-refractivity contribution in [2.75, 3.05) is 0 Å². The smallest absolute Gasteiger partial charge is 0.0622 e. The molecule has 0 aliphatic carbocycles. The monoisotopic (exact) mass is 440 g/mol. The average molecular weight is 441 g/mol. The van der Waals surface area contributed by atoms with Crippen molar-refractivity contribution >= 4 is 29.6 Å². The molecule has 33 heavy (non-hydrogen) atoms. The number of hydrogen-bond acceptors (Lipinski definition) is 0. The second-order valence-electron chi connectivity index (χ2n) is 9.25. The molecule has 0 amide bonds. The van der Waals surface area contributed by atoms with Crippen molar-refractivity contribution in [3.8, 4) is 0 Å². The first kappa shape index (κ1) is 20.2. The van der Waals surface area contributed by atoms with Gasteiger partial charge < -0.3 is 0 Å². The molecule has 0 nitrogen and oxygen atoms in total. The Morgan fingerprint density at radius 1 is 0.364 bits per heavy atom. The lowest BCUT2D eigenvalue weighted by Gasteiger charge is -2.30. The van der Waals surface area contributed by atoms with Crippen LogP contribution in [0, 0.1) is 0 Å². The van der Waals surface area contributed by atoms with Crippen molar-refractivity contribution in [3.05, 3.63) is 144 Å². The summed E-state index contributed by atoms with van der Waals surface area (Å²) < 4.78 is 0. The van der Waals surface area contributed by atoms with Gasteiger partial charge >= 0.3 is 0 Å². The summed E-state index contributed by atoms with van der Waals surface area (Å²) in [6, 6.07) is 47.5. The molecular weight excluding hydrogens is 412 g/mol. The average Bonchev–Trinajstić information content (AvgIpc) is 3.49. The molecule has 0 aromatic heterocycles. The molecule has 6 rings (SSSR count). The largest absolute Gasteiger partial charge is 0.121 e. The second-order valence-corrected chi connectivity index (χ2v) is 13.4. The zero-order chi connectivity index (χ0) is 22.1. The normalized spacial score (nSPS) is 17.2. The van der Waals surface area contributed by atoms with Gasteiger partial charge in [0.05, 0.1) is 0 Å². The van der Waals surface area contributed by atoms with Gasteiger partial charge in [-0.05, 0) is 55.9 Å². The Balaban J connectivity index is 1.77.